The number of aliphatic hydroxyl groups is 2. The molecule has 7 heteroatoms. The number of aliphatic hydroxyl groups excluding tert-OH is 2. The molecule has 0 spiro atoms. The number of hydrogen-bond acceptors (Lipinski definition) is 7. The lowest BCUT2D eigenvalue weighted by Crippen LogP contribution is -2.36. The van der Waals surface area contributed by atoms with Crippen molar-refractivity contribution in [3.8, 4) is 5.88 Å². The molecule has 0 aliphatic heterocycles. The molecule has 0 saturated carbocycles. The van der Waals surface area contributed by atoms with E-state index in [0.717, 1.165) is 24.6 Å². The van der Waals surface area contributed by atoms with E-state index in [4.69, 9.17) is 9.84 Å². The van der Waals surface area contributed by atoms with Crippen LogP contribution < -0.4 is 10.1 Å². The molecule has 0 bridgehead atoms. The first kappa shape index (κ1) is 14.3. The van der Waals surface area contributed by atoms with Crippen molar-refractivity contribution in [2.24, 2.45) is 0 Å². The Kier molecular flexibility index (Phi) is 7.02. The van der Waals surface area contributed by atoms with Crippen molar-refractivity contribution >= 4 is 11.7 Å². The van der Waals surface area contributed by atoms with Crippen LogP contribution in [0, 0.1) is 0 Å². The van der Waals surface area contributed by atoms with Crippen LogP contribution >= 0.6 is 11.7 Å². The Morgan fingerprint density at radius 3 is 3.06 bits per heavy atom. The summed E-state index contributed by atoms with van der Waals surface area (Å²) >= 11 is 1.07. The van der Waals surface area contributed by atoms with Crippen LogP contribution in [-0.2, 0) is 0 Å². The van der Waals surface area contributed by atoms with Gasteiger partial charge in [-0.25, -0.2) is 0 Å². The molecule has 2 atom stereocenters. The van der Waals surface area contributed by atoms with Crippen molar-refractivity contribution in [1.29, 1.82) is 0 Å². The average molecular weight is 261 g/mol. The normalized spacial score (nSPS) is 14.5. The summed E-state index contributed by atoms with van der Waals surface area (Å²) in [4.78, 5) is 0. The Hall–Kier alpha value is -0.760. The summed E-state index contributed by atoms with van der Waals surface area (Å²) in [6.07, 6.45) is 2.60. The van der Waals surface area contributed by atoms with Crippen LogP contribution in [0.25, 0.3) is 0 Å². The minimum Gasteiger partial charge on any atom is -0.473 e. The molecule has 1 aromatic rings. The van der Waals surface area contributed by atoms with E-state index >= 15 is 0 Å². The van der Waals surface area contributed by atoms with Gasteiger partial charge in [-0.1, -0.05) is 0 Å². The third-order valence-corrected chi connectivity index (χ3v) is 2.72. The van der Waals surface area contributed by atoms with Crippen LogP contribution in [0.5, 0.6) is 5.88 Å². The molecule has 0 aromatic carbocycles. The third kappa shape index (κ3) is 6.52. The quantitative estimate of drug-likeness (QED) is 0.581. The van der Waals surface area contributed by atoms with Crippen molar-refractivity contribution in [2.75, 3.05) is 19.8 Å². The van der Waals surface area contributed by atoms with E-state index in [9.17, 15) is 5.11 Å². The number of nitrogens with zero attached hydrogens (tertiary/aromatic N) is 2. The number of rotatable bonds is 9. The van der Waals surface area contributed by atoms with E-state index in [1.807, 2.05) is 6.92 Å². The van der Waals surface area contributed by atoms with Gasteiger partial charge in [0.05, 0.1) is 11.7 Å². The molecule has 1 rings (SSSR count). The summed E-state index contributed by atoms with van der Waals surface area (Å²) in [6.45, 7) is 2.89. The summed E-state index contributed by atoms with van der Waals surface area (Å²) in [5, 5.41) is 21.5. The van der Waals surface area contributed by atoms with Gasteiger partial charge in [0.25, 0.3) is 0 Å². The van der Waals surface area contributed by atoms with Gasteiger partial charge >= 0.3 is 0 Å². The predicted octanol–water partition coefficient (Wildman–Crippen LogP) is 0.0284. The summed E-state index contributed by atoms with van der Waals surface area (Å²) in [6, 6.07) is 0.276. The Morgan fingerprint density at radius 2 is 2.41 bits per heavy atom. The fourth-order valence-electron chi connectivity index (χ4n) is 1.30. The zero-order valence-corrected chi connectivity index (χ0v) is 10.7. The predicted molar refractivity (Wildman–Crippen MR) is 65.2 cm³/mol. The lowest BCUT2D eigenvalue weighted by molar-refractivity contribution is 0.101. The second-order valence-electron chi connectivity index (χ2n) is 3.89. The van der Waals surface area contributed by atoms with Gasteiger partial charge in [0.15, 0.2) is 0 Å². The monoisotopic (exact) mass is 261 g/mol. The molecule has 17 heavy (non-hydrogen) atoms. The van der Waals surface area contributed by atoms with Gasteiger partial charge in [0.2, 0.25) is 5.88 Å². The first-order chi connectivity index (χ1) is 8.22. The Morgan fingerprint density at radius 1 is 1.59 bits per heavy atom. The van der Waals surface area contributed by atoms with Gasteiger partial charge in [-0.2, -0.15) is 4.37 Å². The summed E-state index contributed by atoms with van der Waals surface area (Å²) in [7, 11) is 0. The molecule has 1 heterocycles. The fourth-order valence-corrected chi connectivity index (χ4v) is 1.66. The van der Waals surface area contributed by atoms with Crippen molar-refractivity contribution in [1.82, 2.24) is 14.1 Å². The average Bonchev–Trinajstić information content (AvgIpc) is 2.84. The molecule has 0 radical (unpaired) electrons. The van der Waals surface area contributed by atoms with E-state index in [2.05, 4.69) is 14.1 Å². The minimum absolute atomic E-state index is 0.200. The number of nitrogens with one attached hydrogen (secondary N) is 1. The van der Waals surface area contributed by atoms with Crippen LogP contribution in [0.4, 0.5) is 0 Å². The van der Waals surface area contributed by atoms with Crippen LogP contribution in [0.1, 0.15) is 19.8 Å². The molecule has 1 aromatic heterocycles. The fraction of sp³-hybridized carbons (Fsp3) is 0.800. The maximum atomic E-state index is 9.64. The SMILES string of the molecule is CC(CCCO)NCC(O)COc1cnsn1. The van der Waals surface area contributed by atoms with Crippen molar-refractivity contribution in [2.45, 2.75) is 31.9 Å². The molecule has 98 valence electrons. The number of aromatic nitrogens is 2. The first-order valence-electron chi connectivity index (χ1n) is 5.65. The zero-order chi connectivity index (χ0) is 12.5. The summed E-state index contributed by atoms with van der Waals surface area (Å²) < 4.78 is 12.9. The number of ether oxygens (including phenoxy) is 1. The minimum atomic E-state index is -0.576. The first-order valence-corrected chi connectivity index (χ1v) is 6.38. The molecular weight excluding hydrogens is 242 g/mol. The largest absolute Gasteiger partial charge is 0.473 e. The van der Waals surface area contributed by atoms with Crippen LogP contribution in [0.2, 0.25) is 0 Å². The van der Waals surface area contributed by atoms with Gasteiger partial charge in [-0.3, -0.25) is 0 Å². The van der Waals surface area contributed by atoms with Gasteiger partial charge in [-0.05, 0) is 19.8 Å². The van der Waals surface area contributed by atoms with Crippen molar-refractivity contribution in [3.63, 3.8) is 0 Å². The van der Waals surface area contributed by atoms with Gasteiger partial charge < -0.3 is 20.3 Å². The highest BCUT2D eigenvalue weighted by atomic mass is 32.1. The Bertz CT molecular complexity index is 284. The van der Waals surface area contributed by atoms with Crippen molar-refractivity contribution < 1.29 is 14.9 Å². The van der Waals surface area contributed by atoms with E-state index in [0.29, 0.717) is 12.4 Å². The van der Waals surface area contributed by atoms with Gasteiger partial charge in [-0.15, -0.1) is 4.37 Å². The topological polar surface area (TPSA) is 87.5 Å². The smallest absolute Gasteiger partial charge is 0.245 e. The molecule has 2 unspecified atom stereocenters. The maximum absolute atomic E-state index is 9.64. The molecule has 0 aliphatic rings. The highest BCUT2D eigenvalue weighted by molar-refractivity contribution is 6.99. The lowest BCUT2D eigenvalue weighted by atomic mass is 10.2. The molecule has 0 aliphatic carbocycles. The molecular formula is C10H19N3O3S. The zero-order valence-electron chi connectivity index (χ0n) is 9.87. The second kappa shape index (κ2) is 8.35. The van der Waals surface area contributed by atoms with Crippen LogP contribution in [0.3, 0.4) is 0 Å². The lowest BCUT2D eigenvalue weighted by Gasteiger charge is -2.16. The summed E-state index contributed by atoms with van der Waals surface area (Å²) in [5.74, 6) is 0.447. The van der Waals surface area contributed by atoms with Crippen molar-refractivity contribution in [3.05, 3.63) is 6.20 Å². The summed E-state index contributed by atoms with van der Waals surface area (Å²) in [5.41, 5.74) is 0. The highest BCUT2D eigenvalue weighted by Gasteiger charge is 2.08. The Balaban J connectivity index is 2.06. The maximum Gasteiger partial charge on any atom is 0.245 e. The molecule has 0 saturated heterocycles. The molecule has 3 N–H and O–H groups in total. The van der Waals surface area contributed by atoms with E-state index in [1.54, 1.807) is 0 Å². The molecule has 0 fully saturated rings. The molecule has 0 amide bonds. The standard InChI is InChI=1S/C10H19N3O3S/c1-8(3-2-4-14)11-5-9(15)7-16-10-6-12-17-13-10/h6,8-9,11,14-15H,2-5,7H2,1H3. The number of hydrogen-bond donors (Lipinski definition) is 3. The molecule has 6 nitrogen and oxygen atoms in total. The highest BCUT2D eigenvalue weighted by Crippen LogP contribution is 2.05. The van der Waals surface area contributed by atoms with Gasteiger partial charge in [0, 0.05) is 19.2 Å². The van der Waals surface area contributed by atoms with Crippen LogP contribution in [0.15, 0.2) is 6.20 Å². The Labute approximate surface area is 105 Å². The van der Waals surface area contributed by atoms with Gasteiger partial charge in [0.1, 0.15) is 18.9 Å². The third-order valence-electron chi connectivity index (χ3n) is 2.26. The van der Waals surface area contributed by atoms with E-state index in [1.165, 1.54) is 6.20 Å². The van der Waals surface area contributed by atoms with E-state index < -0.39 is 6.10 Å². The van der Waals surface area contributed by atoms with E-state index in [-0.39, 0.29) is 19.3 Å². The van der Waals surface area contributed by atoms with Crippen LogP contribution in [-0.4, -0.2) is 50.9 Å². The second-order valence-corrected chi connectivity index (χ2v) is 4.44.